The first kappa shape index (κ1) is 20.3. The highest BCUT2D eigenvalue weighted by atomic mass is 35.5. The van der Waals surface area contributed by atoms with Gasteiger partial charge < -0.3 is 5.32 Å². The molecule has 2 N–H and O–H groups in total. The molecule has 1 amide bonds. The number of aromatic nitrogens is 1. The maximum atomic E-state index is 12.7. The average molecular weight is 436 g/mol. The second-order valence-corrected chi connectivity index (χ2v) is 9.31. The van der Waals surface area contributed by atoms with Gasteiger partial charge in [-0.25, -0.2) is 13.4 Å². The highest BCUT2D eigenvalue weighted by Crippen LogP contribution is 2.27. The van der Waals surface area contributed by atoms with Crippen molar-refractivity contribution in [2.45, 2.75) is 25.7 Å². The van der Waals surface area contributed by atoms with Gasteiger partial charge in [-0.15, -0.1) is 0 Å². The molecule has 0 spiro atoms. The molecule has 1 heterocycles. The van der Waals surface area contributed by atoms with Gasteiger partial charge in [-0.3, -0.25) is 9.52 Å². The number of carbonyl (C=O) groups is 1. The van der Waals surface area contributed by atoms with E-state index in [-0.39, 0.29) is 15.9 Å². The van der Waals surface area contributed by atoms with Gasteiger partial charge in [-0.2, -0.15) is 0 Å². The molecule has 0 bridgehead atoms. The molecule has 0 atom stereocenters. The summed E-state index contributed by atoms with van der Waals surface area (Å²) in [5.41, 5.74) is 3.19. The number of hydrogen-bond acceptors (Lipinski definition) is 5. The van der Waals surface area contributed by atoms with Crippen LogP contribution in [0.4, 0.5) is 10.8 Å². The SMILES string of the molecule is Cc1cccc(NC(=O)c2sc(NS(=O)(=O)c3ccc(Cl)cc3)nc2C)c1C. The van der Waals surface area contributed by atoms with Crippen LogP contribution in [0.25, 0.3) is 0 Å². The summed E-state index contributed by atoms with van der Waals surface area (Å²) in [5.74, 6) is -0.333. The van der Waals surface area contributed by atoms with Crippen LogP contribution in [-0.2, 0) is 10.0 Å². The fourth-order valence-corrected chi connectivity index (χ4v) is 4.73. The minimum absolute atomic E-state index is 0.0612. The summed E-state index contributed by atoms with van der Waals surface area (Å²) >= 11 is 6.78. The molecule has 1 aromatic heterocycles. The monoisotopic (exact) mass is 435 g/mol. The first-order chi connectivity index (χ1) is 13.2. The number of carbonyl (C=O) groups excluding carboxylic acids is 1. The summed E-state index contributed by atoms with van der Waals surface area (Å²) in [6.07, 6.45) is 0. The molecule has 3 aromatic rings. The predicted molar refractivity (Wildman–Crippen MR) is 113 cm³/mol. The molecule has 9 heteroatoms. The predicted octanol–water partition coefficient (Wildman–Crippen LogP) is 4.77. The number of aryl methyl sites for hydroxylation is 2. The Hall–Kier alpha value is -2.42. The second-order valence-electron chi connectivity index (χ2n) is 6.19. The molecule has 146 valence electrons. The number of sulfonamides is 1. The quantitative estimate of drug-likeness (QED) is 0.603. The van der Waals surface area contributed by atoms with Crippen LogP contribution in [0.2, 0.25) is 5.02 Å². The van der Waals surface area contributed by atoms with Crippen LogP contribution < -0.4 is 10.0 Å². The minimum Gasteiger partial charge on any atom is -0.321 e. The fraction of sp³-hybridized carbons (Fsp3) is 0.158. The molecule has 3 rings (SSSR count). The normalized spacial score (nSPS) is 11.3. The van der Waals surface area contributed by atoms with Crippen molar-refractivity contribution >= 4 is 49.7 Å². The molecule has 2 aromatic carbocycles. The van der Waals surface area contributed by atoms with Crippen molar-refractivity contribution in [3.63, 3.8) is 0 Å². The van der Waals surface area contributed by atoms with E-state index in [2.05, 4.69) is 15.0 Å². The second kappa shape index (κ2) is 7.90. The van der Waals surface area contributed by atoms with Crippen LogP contribution in [0, 0.1) is 20.8 Å². The van der Waals surface area contributed by atoms with Gasteiger partial charge in [-0.05, 0) is 62.2 Å². The Labute approximate surface area is 172 Å². The van der Waals surface area contributed by atoms with Crippen molar-refractivity contribution in [1.82, 2.24) is 4.98 Å². The summed E-state index contributed by atoms with van der Waals surface area (Å²) in [5, 5.41) is 3.42. The van der Waals surface area contributed by atoms with E-state index < -0.39 is 10.0 Å². The Morgan fingerprint density at radius 3 is 2.43 bits per heavy atom. The summed E-state index contributed by atoms with van der Waals surface area (Å²) in [7, 11) is -3.82. The fourth-order valence-electron chi connectivity index (χ4n) is 2.50. The number of halogens is 1. The molecule has 0 unspecified atom stereocenters. The van der Waals surface area contributed by atoms with E-state index in [1.165, 1.54) is 24.3 Å². The first-order valence-corrected chi connectivity index (χ1v) is 11.0. The molecule has 0 saturated heterocycles. The number of amides is 1. The molecule has 0 aliphatic rings. The minimum atomic E-state index is -3.82. The maximum Gasteiger partial charge on any atom is 0.267 e. The lowest BCUT2D eigenvalue weighted by molar-refractivity contribution is 0.102. The summed E-state index contributed by atoms with van der Waals surface area (Å²) in [4.78, 5) is 17.2. The Morgan fingerprint density at radius 2 is 1.75 bits per heavy atom. The Balaban J connectivity index is 1.82. The number of nitrogens with zero attached hydrogens (tertiary/aromatic N) is 1. The van der Waals surface area contributed by atoms with E-state index in [1.54, 1.807) is 6.92 Å². The van der Waals surface area contributed by atoms with Crippen molar-refractivity contribution in [3.05, 3.63) is 69.2 Å². The molecular formula is C19H18ClN3O3S2. The van der Waals surface area contributed by atoms with Crippen molar-refractivity contribution < 1.29 is 13.2 Å². The molecule has 0 radical (unpaired) electrons. The van der Waals surface area contributed by atoms with Gasteiger partial charge in [0.05, 0.1) is 10.6 Å². The highest BCUT2D eigenvalue weighted by molar-refractivity contribution is 7.93. The molecule has 0 aliphatic heterocycles. The van der Waals surface area contributed by atoms with Gasteiger partial charge in [0.2, 0.25) is 0 Å². The van der Waals surface area contributed by atoms with E-state index in [0.29, 0.717) is 21.3 Å². The van der Waals surface area contributed by atoms with Gasteiger partial charge in [0, 0.05) is 10.7 Å². The lowest BCUT2D eigenvalue weighted by Crippen LogP contribution is -2.13. The van der Waals surface area contributed by atoms with Crippen LogP contribution in [0.15, 0.2) is 47.4 Å². The van der Waals surface area contributed by atoms with Gasteiger partial charge in [-0.1, -0.05) is 35.1 Å². The van der Waals surface area contributed by atoms with Crippen molar-refractivity contribution in [3.8, 4) is 0 Å². The smallest absolute Gasteiger partial charge is 0.267 e. The van der Waals surface area contributed by atoms with Crippen molar-refractivity contribution in [2.75, 3.05) is 10.0 Å². The summed E-state index contributed by atoms with van der Waals surface area (Å²) in [6.45, 7) is 5.55. The van der Waals surface area contributed by atoms with E-state index in [0.717, 1.165) is 22.5 Å². The molecule has 0 aliphatic carbocycles. The Morgan fingerprint density at radius 1 is 1.07 bits per heavy atom. The third-order valence-electron chi connectivity index (χ3n) is 4.20. The zero-order valence-electron chi connectivity index (χ0n) is 15.4. The number of nitrogens with one attached hydrogen (secondary N) is 2. The summed E-state index contributed by atoms with van der Waals surface area (Å²) in [6, 6.07) is 11.4. The largest absolute Gasteiger partial charge is 0.321 e. The van der Waals surface area contributed by atoms with Gasteiger partial charge in [0.25, 0.3) is 15.9 Å². The lowest BCUT2D eigenvalue weighted by atomic mass is 10.1. The molecule has 28 heavy (non-hydrogen) atoms. The molecule has 0 fully saturated rings. The van der Waals surface area contributed by atoms with E-state index in [4.69, 9.17) is 11.6 Å². The number of thiazole rings is 1. The third-order valence-corrected chi connectivity index (χ3v) is 7.01. The van der Waals surface area contributed by atoms with Crippen molar-refractivity contribution in [1.29, 1.82) is 0 Å². The van der Waals surface area contributed by atoms with Gasteiger partial charge in [0.15, 0.2) is 5.13 Å². The van der Waals surface area contributed by atoms with Crippen molar-refractivity contribution in [2.24, 2.45) is 0 Å². The van der Waals surface area contributed by atoms with Gasteiger partial charge in [0.1, 0.15) is 4.88 Å². The van der Waals surface area contributed by atoms with E-state index in [9.17, 15) is 13.2 Å². The molecule has 6 nitrogen and oxygen atoms in total. The Kier molecular flexibility index (Phi) is 5.74. The van der Waals surface area contributed by atoms with Crippen LogP contribution in [0.3, 0.4) is 0 Å². The zero-order chi connectivity index (χ0) is 20.5. The van der Waals surface area contributed by atoms with Crippen LogP contribution >= 0.6 is 22.9 Å². The van der Waals surface area contributed by atoms with Gasteiger partial charge >= 0.3 is 0 Å². The van der Waals surface area contributed by atoms with Crippen LogP contribution in [0.5, 0.6) is 0 Å². The lowest BCUT2D eigenvalue weighted by Gasteiger charge is -2.09. The first-order valence-electron chi connectivity index (χ1n) is 8.31. The maximum absolute atomic E-state index is 12.7. The standard InChI is InChI=1S/C19H18ClN3O3S2/c1-11-5-4-6-16(12(11)2)22-18(24)17-13(3)21-19(27-17)23-28(25,26)15-9-7-14(20)8-10-15/h4-10H,1-3H3,(H,21,23)(H,22,24). The number of benzene rings is 2. The topological polar surface area (TPSA) is 88.2 Å². The Bertz CT molecular complexity index is 1140. The summed E-state index contributed by atoms with van der Waals surface area (Å²) < 4.78 is 27.4. The third kappa shape index (κ3) is 4.35. The highest BCUT2D eigenvalue weighted by Gasteiger charge is 2.21. The number of hydrogen-bond donors (Lipinski definition) is 2. The molecule has 0 saturated carbocycles. The van der Waals surface area contributed by atoms with E-state index in [1.807, 2.05) is 32.0 Å². The molecular weight excluding hydrogens is 418 g/mol. The van der Waals surface area contributed by atoms with E-state index >= 15 is 0 Å². The van der Waals surface area contributed by atoms with Crippen LogP contribution in [0.1, 0.15) is 26.5 Å². The number of anilines is 2. The zero-order valence-corrected chi connectivity index (χ0v) is 17.8. The number of rotatable bonds is 5. The van der Waals surface area contributed by atoms with Crippen LogP contribution in [-0.4, -0.2) is 19.3 Å². The average Bonchev–Trinajstić information content (AvgIpc) is 2.99.